The summed E-state index contributed by atoms with van der Waals surface area (Å²) in [4.78, 5) is 25.5. The number of carbonyl (C=O) groups excluding carboxylic acids is 2. The zero-order valence-corrected chi connectivity index (χ0v) is 13.2. The van der Waals surface area contributed by atoms with Gasteiger partial charge in [0.1, 0.15) is 0 Å². The van der Waals surface area contributed by atoms with E-state index in [4.69, 9.17) is 0 Å². The minimum atomic E-state index is -0.312. The van der Waals surface area contributed by atoms with Gasteiger partial charge in [-0.2, -0.15) is 0 Å². The van der Waals surface area contributed by atoms with E-state index in [1.54, 1.807) is 4.90 Å². The van der Waals surface area contributed by atoms with Gasteiger partial charge in [0.15, 0.2) is 5.78 Å². The Balaban J connectivity index is 5.17. The van der Waals surface area contributed by atoms with Crippen LogP contribution >= 0.6 is 22.6 Å². The molecule has 16 heavy (non-hydrogen) atoms. The predicted octanol–water partition coefficient (Wildman–Crippen LogP) is 2.80. The smallest absolute Gasteiger partial charge is 0.220 e. The van der Waals surface area contributed by atoms with E-state index in [9.17, 15) is 9.59 Å². The van der Waals surface area contributed by atoms with Gasteiger partial charge in [-0.1, -0.05) is 29.5 Å². The SMILES string of the molecule is CCC(C(=O)C(C)I)N(C(C)=O)C(C)(C)C. The van der Waals surface area contributed by atoms with Crippen molar-refractivity contribution in [2.45, 2.75) is 63.5 Å². The molecule has 0 radical (unpaired) electrons. The molecule has 2 unspecified atom stereocenters. The van der Waals surface area contributed by atoms with Gasteiger partial charge in [-0.3, -0.25) is 9.59 Å². The van der Waals surface area contributed by atoms with Gasteiger partial charge in [0.2, 0.25) is 5.91 Å². The van der Waals surface area contributed by atoms with Gasteiger partial charge < -0.3 is 4.90 Å². The zero-order chi connectivity index (χ0) is 13.1. The third-order valence-corrected chi connectivity index (χ3v) is 3.09. The lowest BCUT2D eigenvalue weighted by atomic mass is 9.97. The van der Waals surface area contributed by atoms with Crippen molar-refractivity contribution in [1.82, 2.24) is 4.90 Å². The van der Waals surface area contributed by atoms with Gasteiger partial charge in [-0.05, 0) is 34.1 Å². The standard InChI is InChI=1S/C12H22INO2/c1-7-10(11(16)8(2)13)14(9(3)15)12(4,5)6/h8,10H,7H2,1-6H3. The molecule has 0 saturated carbocycles. The van der Waals surface area contributed by atoms with Gasteiger partial charge in [0.25, 0.3) is 0 Å². The van der Waals surface area contributed by atoms with Crippen LogP contribution in [0.5, 0.6) is 0 Å². The van der Waals surface area contributed by atoms with Crippen LogP contribution in [-0.4, -0.2) is 32.1 Å². The van der Waals surface area contributed by atoms with E-state index in [2.05, 4.69) is 22.6 Å². The first-order chi connectivity index (χ1) is 7.12. The molecule has 0 aromatic carbocycles. The Morgan fingerprint density at radius 2 is 1.75 bits per heavy atom. The molecule has 0 aliphatic rings. The van der Waals surface area contributed by atoms with Crippen LogP contribution in [0.25, 0.3) is 0 Å². The molecular weight excluding hydrogens is 317 g/mol. The van der Waals surface area contributed by atoms with E-state index in [0.29, 0.717) is 6.42 Å². The third kappa shape index (κ3) is 4.03. The molecule has 0 spiro atoms. The molecule has 94 valence electrons. The number of amides is 1. The Kier molecular flexibility index (Phi) is 5.93. The minimum absolute atomic E-state index is 0.0373. The Morgan fingerprint density at radius 1 is 1.31 bits per heavy atom. The summed E-state index contributed by atoms with van der Waals surface area (Å²) < 4.78 is -0.0632. The minimum Gasteiger partial charge on any atom is -0.328 e. The summed E-state index contributed by atoms with van der Waals surface area (Å²) in [5, 5.41) is 0. The van der Waals surface area contributed by atoms with Crippen molar-refractivity contribution >= 4 is 34.3 Å². The summed E-state index contributed by atoms with van der Waals surface area (Å²) in [5.41, 5.74) is -0.312. The highest BCUT2D eigenvalue weighted by atomic mass is 127. The van der Waals surface area contributed by atoms with Gasteiger partial charge in [0.05, 0.1) is 9.97 Å². The molecule has 0 rings (SSSR count). The first-order valence-electron chi connectivity index (χ1n) is 5.60. The molecule has 0 aromatic heterocycles. The Hall–Kier alpha value is -0.130. The molecule has 0 aromatic rings. The zero-order valence-electron chi connectivity index (χ0n) is 11.0. The number of Topliss-reactive ketones (excluding diaryl/α,β-unsaturated/α-hetero) is 1. The van der Waals surface area contributed by atoms with Crippen molar-refractivity contribution in [1.29, 1.82) is 0 Å². The second-order valence-electron chi connectivity index (χ2n) is 5.00. The van der Waals surface area contributed by atoms with Crippen molar-refractivity contribution in [3.63, 3.8) is 0 Å². The number of nitrogens with zero attached hydrogens (tertiary/aromatic N) is 1. The average Bonchev–Trinajstić information content (AvgIpc) is 2.09. The number of ketones is 1. The highest BCUT2D eigenvalue weighted by molar-refractivity contribution is 14.1. The number of hydrogen-bond acceptors (Lipinski definition) is 2. The molecule has 0 fully saturated rings. The summed E-state index contributed by atoms with van der Waals surface area (Å²) >= 11 is 2.10. The molecule has 0 aliphatic heterocycles. The lowest BCUT2D eigenvalue weighted by Crippen LogP contribution is -2.54. The van der Waals surface area contributed by atoms with Crippen LogP contribution < -0.4 is 0 Å². The second-order valence-corrected chi connectivity index (χ2v) is 6.87. The fraction of sp³-hybridized carbons (Fsp3) is 0.833. The van der Waals surface area contributed by atoms with Crippen LogP contribution in [0.4, 0.5) is 0 Å². The summed E-state index contributed by atoms with van der Waals surface area (Å²) in [7, 11) is 0. The topological polar surface area (TPSA) is 37.4 Å². The van der Waals surface area contributed by atoms with Gasteiger partial charge in [-0.15, -0.1) is 0 Å². The lowest BCUT2D eigenvalue weighted by Gasteiger charge is -2.40. The molecule has 0 bridgehead atoms. The summed E-state index contributed by atoms with van der Waals surface area (Å²) in [6, 6.07) is -0.301. The molecular formula is C12H22INO2. The molecule has 0 N–H and O–H groups in total. The van der Waals surface area contributed by atoms with Gasteiger partial charge >= 0.3 is 0 Å². The second kappa shape index (κ2) is 5.98. The van der Waals surface area contributed by atoms with E-state index in [1.165, 1.54) is 6.92 Å². The summed E-state index contributed by atoms with van der Waals surface area (Å²) in [6.07, 6.45) is 0.670. The molecule has 0 aliphatic carbocycles. The van der Waals surface area contributed by atoms with Crippen molar-refractivity contribution in [2.75, 3.05) is 0 Å². The number of hydrogen-bond donors (Lipinski definition) is 0. The number of halogens is 1. The van der Waals surface area contributed by atoms with E-state index >= 15 is 0 Å². The number of carbonyl (C=O) groups is 2. The third-order valence-electron chi connectivity index (χ3n) is 2.48. The highest BCUT2D eigenvalue weighted by Gasteiger charge is 2.35. The number of alkyl halides is 1. The first kappa shape index (κ1) is 15.9. The van der Waals surface area contributed by atoms with E-state index in [1.807, 2.05) is 34.6 Å². The van der Waals surface area contributed by atoms with Crippen molar-refractivity contribution in [3.8, 4) is 0 Å². The maximum atomic E-state index is 12.1. The maximum Gasteiger partial charge on any atom is 0.220 e. The van der Waals surface area contributed by atoms with Crippen LogP contribution in [0.3, 0.4) is 0 Å². The summed E-state index contributed by atoms with van der Waals surface area (Å²) in [6.45, 7) is 11.2. The van der Waals surface area contributed by atoms with Gasteiger partial charge in [-0.25, -0.2) is 0 Å². The van der Waals surface area contributed by atoms with Crippen LogP contribution in [0, 0.1) is 0 Å². The van der Waals surface area contributed by atoms with Crippen LogP contribution in [0.2, 0.25) is 0 Å². The molecule has 4 heteroatoms. The van der Waals surface area contributed by atoms with E-state index < -0.39 is 0 Å². The Bertz CT molecular complexity index is 269. The average molecular weight is 339 g/mol. The monoisotopic (exact) mass is 339 g/mol. The van der Waals surface area contributed by atoms with E-state index in [-0.39, 0.29) is 27.2 Å². The predicted molar refractivity (Wildman–Crippen MR) is 74.8 cm³/mol. The fourth-order valence-electron chi connectivity index (χ4n) is 1.94. The largest absolute Gasteiger partial charge is 0.328 e. The van der Waals surface area contributed by atoms with Crippen LogP contribution in [0.15, 0.2) is 0 Å². The normalized spacial score (nSPS) is 15.4. The number of rotatable bonds is 4. The summed E-state index contributed by atoms with van der Waals surface area (Å²) in [5.74, 6) is 0.0953. The van der Waals surface area contributed by atoms with Crippen molar-refractivity contribution < 1.29 is 9.59 Å². The Labute approximate surface area is 112 Å². The van der Waals surface area contributed by atoms with Crippen LogP contribution in [0.1, 0.15) is 48.0 Å². The van der Waals surface area contributed by atoms with Crippen molar-refractivity contribution in [3.05, 3.63) is 0 Å². The highest BCUT2D eigenvalue weighted by Crippen LogP contribution is 2.22. The van der Waals surface area contributed by atoms with Crippen molar-refractivity contribution in [2.24, 2.45) is 0 Å². The molecule has 0 heterocycles. The molecule has 1 amide bonds. The molecule has 2 atom stereocenters. The molecule has 3 nitrogen and oxygen atoms in total. The van der Waals surface area contributed by atoms with Crippen LogP contribution in [-0.2, 0) is 9.59 Å². The van der Waals surface area contributed by atoms with Gasteiger partial charge in [0, 0.05) is 12.5 Å². The quantitative estimate of drug-likeness (QED) is 0.583. The Morgan fingerprint density at radius 3 is 1.94 bits per heavy atom. The maximum absolute atomic E-state index is 12.1. The lowest BCUT2D eigenvalue weighted by molar-refractivity contribution is -0.143. The molecule has 0 saturated heterocycles. The van der Waals surface area contributed by atoms with E-state index in [0.717, 1.165) is 0 Å². The fourth-order valence-corrected chi connectivity index (χ4v) is 2.35. The first-order valence-corrected chi connectivity index (χ1v) is 6.85.